The molecule has 2 N–H and O–H groups in total. The van der Waals surface area contributed by atoms with E-state index in [1.54, 1.807) is 18.5 Å². The van der Waals surface area contributed by atoms with Gasteiger partial charge in [-0.05, 0) is 44.3 Å². The van der Waals surface area contributed by atoms with Crippen molar-refractivity contribution in [2.75, 3.05) is 37.8 Å². The van der Waals surface area contributed by atoms with E-state index in [1.165, 1.54) is 4.57 Å². The molecule has 0 atom stereocenters. The van der Waals surface area contributed by atoms with Crippen molar-refractivity contribution in [2.24, 2.45) is 12.9 Å². The Bertz CT molecular complexity index is 1600. The average Bonchev–Trinajstić information content (AvgIpc) is 3.48. The van der Waals surface area contributed by atoms with E-state index in [2.05, 4.69) is 59.6 Å². The number of aromatic nitrogens is 5. The van der Waals surface area contributed by atoms with Gasteiger partial charge in [-0.1, -0.05) is 32.0 Å². The number of rotatable bonds is 9. The monoisotopic (exact) mass is 485 g/mol. The summed E-state index contributed by atoms with van der Waals surface area (Å²) >= 11 is 0. The third-order valence-corrected chi connectivity index (χ3v) is 6.09. The predicted molar refractivity (Wildman–Crippen MR) is 149 cm³/mol. The van der Waals surface area contributed by atoms with E-state index in [4.69, 9.17) is 9.10 Å². The molecule has 0 radical (unpaired) electrons. The standard InChI is InChI=1S/C28H34N8/c1-19(2)16-30-25-15-21(14-20-17-31-36(27(20)25)13-12-34(3)4)32-28-29-11-10-24(33-28)23-18-35(5)26-9-7-6-8-22(23)26/h6-11,14-15,17-19,30H,12-13,16H2,1-5H3,(H,29,32,33)/i5D3. The molecule has 2 aromatic carbocycles. The largest absolute Gasteiger partial charge is 0.383 e. The van der Waals surface area contributed by atoms with Gasteiger partial charge in [0.05, 0.1) is 29.6 Å². The Morgan fingerprint density at radius 3 is 2.81 bits per heavy atom. The fraction of sp³-hybridized carbons (Fsp3) is 0.321. The number of aryl methyl sites for hydroxylation is 1. The summed E-state index contributed by atoms with van der Waals surface area (Å²) in [7, 11) is 4.11. The van der Waals surface area contributed by atoms with Crippen molar-refractivity contribution >= 4 is 39.1 Å². The van der Waals surface area contributed by atoms with Crippen molar-refractivity contribution in [3.05, 3.63) is 61.1 Å². The van der Waals surface area contributed by atoms with E-state index in [0.717, 1.165) is 52.9 Å². The lowest BCUT2D eigenvalue weighted by atomic mass is 10.1. The molecule has 8 nitrogen and oxygen atoms in total. The molecule has 5 aromatic rings. The summed E-state index contributed by atoms with van der Waals surface area (Å²) in [4.78, 5) is 11.3. The molecule has 0 bridgehead atoms. The number of nitrogens with zero attached hydrogens (tertiary/aromatic N) is 6. The third-order valence-electron chi connectivity index (χ3n) is 6.09. The highest BCUT2D eigenvalue weighted by molar-refractivity contribution is 5.96. The van der Waals surface area contributed by atoms with E-state index >= 15 is 0 Å². The van der Waals surface area contributed by atoms with Gasteiger partial charge < -0.3 is 20.1 Å². The highest BCUT2D eigenvalue weighted by Gasteiger charge is 2.14. The van der Waals surface area contributed by atoms with Gasteiger partial charge in [0.25, 0.3) is 0 Å². The van der Waals surface area contributed by atoms with Gasteiger partial charge in [-0.25, -0.2) is 9.97 Å². The minimum atomic E-state index is -2.29. The second-order valence-electron chi connectivity index (χ2n) is 9.73. The first-order chi connectivity index (χ1) is 18.6. The van der Waals surface area contributed by atoms with Crippen molar-refractivity contribution in [1.82, 2.24) is 29.2 Å². The highest BCUT2D eigenvalue weighted by Crippen LogP contribution is 2.32. The maximum atomic E-state index is 7.95. The number of nitrogens with one attached hydrogen (secondary N) is 2. The highest BCUT2D eigenvalue weighted by atomic mass is 15.3. The summed E-state index contributed by atoms with van der Waals surface area (Å²) in [5, 5.41) is 13.4. The molecule has 5 rings (SSSR count). The number of likely N-dealkylation sites (N-methyl/N-ethyl adjacent to an activating group) is 1. The van der Waals surface area contributed by atoms with Gasteiger partial charge in [0.2, 0.25) is 5.95 Å². The summed E-state index contributed by atoms with van der Waals surface area (Å²) in [5.41, 5.74) is 4.92. The molecule has 0 fully saturated rings. The maximum absolute atomic E-state index is 7.95. The van der Waals surface area contributed by atoms with E-state index in [-0.39, 0.29) is 0 Å². The van der Waals surface area contributed by atoms with Crippen LogP contribution in [0.2, 0.25) is 0 Å². The normalized spacial score (nSPS) is 13.3. The molecule has 0 aliphatic heterocycles. The zero-order valence-electron chi connectivity index (χ0n) is 24.2. The van der Waals surface area contributed by atoms with Crippen LogP contribution >= 0.6 is 0 Å². The first-order valence-corrected chi connectivity index (χ1v) is 12.2. The zero-order chi connectivity index (χ0) is 27.7. The molecule has 186 valence electrons. The summed E-state index contributed by atoms with van der Waals surface area (Å²) in [6.07, 6.45) is 5.21. The smallest absolute Gasteiger partial charge is 0.227 e. The zero-order valence-corrected chi connectivity index (χ0v) is 21.2. The van der Waals surface area contributed by atoms with Crippen molar-refractivity contribution in [3.8, 4) is 11.3 Å². The van der Waals surface area contributed by atoms with Gasteiger partial charge in [-0.15, -0.1) is 0 Å². The molecule has 8 heteroatoms. The molecule has 3 heterocycles. The number of hydrogen-bond donors (Lipinski definition) is 2. The van der Waals surface area contributed by atoms with Gasteiger partial charge >= 0.3 is 0 Å². The predicted octanol–water partition coefficient (Wildman–Crippen LogP) is 5.36. The Balaban J connectivity index is 1.50. The first kappa shape index (κ1) is 20.3. The Kier molecular flexibility index (Phi) is 5.63. The van der Waals surface area contributed by atoms with Crippen LogP contribution in [0.5, 0.6) is 0 Å². The summed E-state index contributed by atoms with van der Waals surface area (Å²) in [5.74, 6) is 0.902. The van der Waals surface area contributed by atoms with E-state index < -0.39 is 6.98 Å². The maximum Gasteiger partial charge on any atom is 0.227 e. The van der Waals surface area contributed by atoms with Crippen LogP contribution in [-0.4, -0.2) is 56.4 Å². The molecule has 0 spiro atoms. The quantitative estimate of drug-likeness (QED) is 0.293. The van der Waals surface area contributed by atoms with Crippen LogP contribution in [0.25, 0.3) is 33.1 Å². The summed E-state index contributed by atoms with van der Waals surface area (Å²) < 4.78 is 27.2. The van der Waals surface area contributed by atoms with Gasteiger partial charge in [-0.2, -0.15) is 5.10 Å². The molecule has 36 heavy (non-hydrogen) atoms. The van der Waals surface area contributed by atoms with E-state index in [9.17, 15) is 0 Å². The third kappa shape index (κ3) is 4.90. The number of benzene rings is 2. The second-order valence-corrected chi connectivity index (χ2v) is 9.73. The van der Waals surface area contributed by atoms with E-state index in [0.29, 0.717) is 23.1 Å². The Morgan fingerprint density at radius 1 is 1.14 bits per heavy atom. The Labute approximate surface area is 216 Å². The molecule has 0 aliphatic carbocycles. The first-order valence-electron chi connectivity index (χ1n) is 13.7. The van der Waals surface area contributed by atoms with Crippen LogP contribution in [0, 0.1) is 5.92 Å². The lowest BCUT2D eigenvalue weighted by Gasteiger charge is -2.16. The van der Waals surface area contributed by atoms with Crippen molar-refractivity contribution < 1.29 is 4.11 Å². The fourth-order valence-electron chi connectivity index (χ4n) is 4.30. The van der Waals surface area contributed by atoms with Crippen LogP contribution in [-0.2, 0) is 13.5 Å². The van der Waals surface area contributed by atoms with Crippen LogP contribution in [0.4, 0.5) is 17.3 Å². The molecule has 0 saturated carbocycles. The second kappa shape index (κ2) is 9.99. The molecular formula is C28H34N8. The number of fused-ring (bicyclic) bond motifs is 2. The molecular weight excluding hydrogens is 448 g/mol. The van der Waals surface area contributed by atoms with E-state index in [1.807, 2.05) is 41.2 Å². The molecule has 0 aliphatic rings. The molecule has 0 saturated heterocycles. The van der Waals surface area contributed by atoms with Gasteiger partial charge in [0.15, 0.2) is 0 Å². The lowest BCUT2D eigenvalue weighted by Crippen LogP contribution is -2.19. The Morgan fingerprint density at radius 2 is 2.00 bits per heavy atom. The number of anilines is 3. The summed E-state index contributed by atoms with van der Waals surface area (Å²) in [6, 6.07) is 13.4. The van der Waals surface area contributed by atoms with Crippen molar-refractivity contribution in [3.63, 3.8) is 0 Å². The van der Waals surface area contributed by atoms with Gasteiger partial charge in [-0.3, -0.25) is 4.68 Å². The van der Waals surface area contributed by atoms with Gasteiger partial charge in [0, 0.05) is 64.1 Å². The van der Waals surface area contributed by atoms with Crippen LogP contribution in [0.3, 0.4) is 0 Å². The number of hydrogen-bond acceptors (Lipinski definition) is 6. The SMILES string of the molecule is [2H]C([2H])([2H])n1cc(-c2ccnc(Nc3cc(NCC(C)C)c4c(cnn4CCN(C)C)c3)n2)c2ccccc21. The van der Waals surface area contributed by atoms with Gasteiger partial charge in [0.1, 0.15) is 0 Å². The lowest BCUT2D eigenvalue weighted by molar-refractivity contribution is 0.377. The van der Waals surface area contributed by atoms with Crippen molar-refractivity contribution in [2.45, 2.75) is 20.4 Å². The molecule has 0 unspecified atom stereocenters. The number of para-hydroxylation sites is 1. The molecule has 0 amide bonds. The van der Waals surface area contributed by atoms with Crippen LogP contribution in [0.1, 0.15) is 18.0 Å². The van der Waals surface area contributed by atoms with Crippen molar-refractivity contribution in [1.29, 1.82) is 0 Å². The Hall–Kier alpha value is -3.91. The van der Waals surface area contributed by atoms with Crippen LogP contribution in [0.15, 0.2) is 61.1 Å². The van der Waals surface area contributed by atoms with Crippen LogP contribution < -0.4 is 10.6 Å². The fourth-order valence-corrected chi connectivity index (χ4v) is 4.30. The average molecular weight is 486 g/mol. The topological polar surface area (TPSA) is 75.8 Å². The minimum absolute atomic E-state index is 0.423. The minimum Gasteiger partial charge on any atom is -0.383 e. The molecule has 3 aromatic heterocycles. The summed E-state index contributed by atoms with van der Waals surface area (Å²) in [6.45, 7) is 4.57.